The average molecular weight is 408 g/mol. The molecule has 2 atom stereocenters. The van der Waals surface area contributed by atoms with E-state index >= 15 is 0 Å². The molecule has 0 radical (unpaired) electrons. The van der Waals surface area contributed by atoms with E-state index in [-0.39, 0.29) is 0 Å². The lowest BCUT2D eigenvalue weighted by Gasteiger charge is -2.27. The summed E-state index contributed by atoms with van der Waals surface area (Å²) >= 11 is 0. The van der Waals surface area contributed by atoms with Crippen LogP contribution in [0.4, 0.5) is 0 Å². The zero-order valence-electron chi connectivity index (χ0n) is 20.4. The third kappa shape index (κ3) is 16.3. The second-order valence-corrected chi connectivity index (χ2v) is 10.2. The Morgan fingerprint density at radius 3 is 1.31 bits per heavy atom. The standard InChI is InChI=1S/C28H57N/c1-2-3-4-5-6-7-8-9-10-11-12-14-17-22-27-23-18-15-13-16-19-24-28(27)25-20-21-26-29/h27-28H,2-26,29H2,1H3. The summed E-state index contributed by atoms with van der Waals surface area (Å²) in [7, 11) is 0. The molecule has 0 bridgehead atoms. The zero-order valence-corrected chi connectivity index (χ0v) is 20.4. The zero-order chi connectivity index (χ0) is 20.8. The van der Waals surface area contributed by atoms with Crippen LogP contribution < -0.4 is 5.73 Å². The van der Waals surface area contributed by atoms with Crippen molar-refractivity contribution < 1.29 is 0 Å². The van der Waals surface area contributed by atoms with Gasteiger partial charge in [0.2, 0.25) is 0 Å². The highest BCUT2D eigenvalue weighted by Crippen LogP contribution is 2.34. The quantitative estimate of drug-likeness (QED) is 0.225. The number of hydrogen-bond donors (Lipinski definition) is 1. The summed E-state index contributed by atoms with van der Waals surface area (Å²) in [4.78, 5) is 0. The summed E-state index contributed by atoms with van der Waals surface area (Å²) in [5.74, 6) is 2.04. The molecule has 0 aromatic heterocycles. The van der Waals surface area contributed by atoms with Gasteiger partial charge in [-0.25, -0.2) is 0 Å². The molecule has 0 aromatic rings. The first-order valence-corrected chi connectivity index (χ1v) is 14.1. The molecule has 1 aliphatic carbocycles. The van der Waals surface area contributed by atoms with E-state index in [4.69, 9.17) is 5.73 Å². The van der Waals surface area contributed by atoms with E-state index in [0.29, 0.717) is 0 Å². The number of unbranched alkanes of at least 4 members (excludes halogenated alkanes) is 13. The van der Waals surface area contributed by atoms with Crippen LogP contribution in [0.5, 0.6) is 0 Å². The van der Waals surface area contributed by atoms with Crippen molar-refractivity contribution >= 4 is 0 Å². The number of nitrogens with two attached hydrogens (primary N) is 1. The summed E-state index contributed by atoms with van der Waals surface area (Å²) < 4.78 is 0. The van der Waals surface area contributed by atoms with Crippen molar-refractivity contribution in [2.45, 2.75) is 161 Å². The van der Waals surface area contributed by atoms with Crippen LogP contribution in [0.25, 0.3) is 0 Å². The number of hydrogen-bond acceptors (Lipinski definition) is 1. The number of rotatable bonds is 18. The van der Waals surface area contributed by atoms with Gasteiger partial charge in [-0.1, -0.05) is 155 Å². The minimum absolute atomic E-state index is 0.885. The van der Waals surface area contributed by atoms with E-state index in [1.807, 2.05) is 0 Å². The molecule has 0 heterocycles. The Hall–Kier alpha value is -0.0400. The lowest BCUT2D eigenvalue weighted by atomic mass is 9.79. The van der Waals surface area contributed by atoms with Crippen LogP contribution in [0.15, 0.2) is 0 Å². The van der Waals surface area contributed by atoms with Crippen molar-refractivity contribution in [2.75, 3.05) is 6.54 Å². The molecule has 0 aromatic carbocycles. The lowest BCUT2D eigenvalue weighted by molar-refractivity contribution is 0.246. The van der Waals surface area contributed by atoms with Gasteiger partial charge in [0.1, 0.15) is 0 Å². The van der Waals surface area contributed by atoms with E-state index in [1.54, 1.807) is 0 Å². The Balaban J connectivity index is 2.05. The summed E-state index contributed by atoms with van der Waals surface area (Å²) in [6.45, 7) is 3.19. The van der Waals surface area contributed by atoms with Crippen LogP contribution in [-0.2, 0) is 0 Å². The Kier molecular flexibility index (Phi) is 19.7. The summed E-state index contributed by atoms with van der Waals surface area (Å²) in [6, 6.07) is 0. The van der Waals surface area contributed by atoms with E-state index in [2.05, 4.69) is 6.92 Å². The molecule has 0 saturated heterocycles. The molecule has 1 fully saturated rings. The fraction of sp³-hybridized carbons (Fsp3) is 1.00. The van der Waals surface area contributed by atoms with Gasteiger partial charge in [0, 0.05) is 0 Å². The Labute approximate surface area is 185 Å². The molecule has 0 spiro atoms. The minimum atomic E-state index is 0.885. The first kappa shape index (κ1) is 27.0. The Bertz CT molecular complexity index is 313. The molecule has 0 amide bonds. The predicted octanol–water partition coefficient (Wildman–Crippen LogP) is 9.57. The fourth-order valence-electron chi connectivity index (χ4n) is 5.55. The summed E-state index contributed by atoms with van der Waals surface area (Å²) in [5.41, 5.74) is 5.75. The maximum absolute atomic E-state index is 5.75. The van der Waals surface area contributed by atoms with Gasteiger partial charge in [0.05, 0.1) is 0 Å². The summed E-state index contributed by atoms with van der Waals surface area (Å²) in [5, 5.41) is 0. The molecule has 1 saturated carbocycles. The highest BCUT2D eigenvalue weighted by atomic mass is 14.5. The highest BCUT2D eigenvalue weighted by molar-refractivity contribution is 4.73. The molecule has 1 heteroatoms. The van der Waals surface area contributed by atoms with Gasteiger partial charge in [-0.15, -0.1) is 0 Å². The predicted molar refractivity (Wildman–Crippen MR) is 133 cm³/mol. The van der Waals surface area contributed by atoms with Crippen molar-refractivity contribution in [3.8, 4) is 0 Å². The van der Waals surface area contributed by atoms with Crippen molar-refractivity contribution in [1.29, 1.82) is 0 Å². The molecule has 1 rings (SSSR count). The van der Waals surface area contributed by atoms with Gasteiger partial charge in [-0.2, -0.15) is 0 Å². The normalized spacial score (nSPS) is 20.9. The highest BCUT2D eigenvalue weighted by Gasteiger charge is 2.21. The van der Waals surface area contributed by atoms with Crippen LogP contribution in [0.1, 0.15) is 161 Å². The van der Waals surface area contributed by atoms with Crippen LogP contribution in [0, 0.1) is 11.8 Å². The van der Waals surface area contributed by atoms with E-state index in [1.165, 1.54) is 154 Å². The maximum atomic E-state index is 5.75. The van der Waals surface area contributed by atoms with Gasteiger partial charge in [0.15, 0.2) is 0 Å². The molecule has 1 nitrogen and oxygen atoms in total. The van der Waals surface area contributed by atoms with E-state index in [0.717, 1.165) is 18.4 Å². The van der Waals surface area contributed by atoms with Crippen molar-refractivity contribution in [1.82, 2.24) is 0 Å². The molecule has 2 N–H and O–H groups in total. The topological polar surface area (TPSA) is 26.0 Å². The molecule has 2 unspecified atom stereocenters. The van der Waals surface area contributed by atoms with E-state index in [9.17, 15) is 0 Å². The Morgan fingerprint density at radius 2 is 0.862 bits per heavy atom. The molecule has 0 aliphatic heterocycles. The second-order valence-electron chi connectivity index (χ2n) is 10.2. The summed E-state index contributed by atoms with van der Waals surface area (Å²) in [6.07, 6.45) is 35.2. The van der Waals surface area contributed by atoms with Crippen LogP contribution >= 0.6 is 0 Å². The van der Waals surface area contributed by atoms with Crippen molar-refractivity contribution in [2.24, 2.45) is 17.6 Å². The lowest BCUT2D eigenvalue weighted by Crippen LogP contribution is -2.16. The third-order valence-electron chi connectivity index (χ3n) is 7.52. The van der Waals surface area contributed by atoms with Gasteiger partial charge in [-0.3, -0.25) is 0 Å². The first-order valence-electron chi connectivity index (χ1n) is 14.1. The minimum Gasteiger partial charge on any atom is -0.330 e. The Morgan fingerprint density at radius 1 is 0.483 bits per heavy atom. The monoisotopic (exact) mass is 407 g/mol. The fourth-order valence-corrected chi connectivity index (χ4v) is 5.55. The molecule has 1 aliphatic rings. The average Bonchev–Trinajstić information content (AvgIpc) is 2.84. The van der Waals surface area contributed by atoms with Crippen LogP contribution in [-0.4, -0.2) is 6.54 Å². The van der Waals surface area contributed by atoms with E-state index < -0.39 is 0 Å². The van der Waals surface area contributed by atoms with Gasteiger partial charge < -0.3 is 5.73 Å². The smallest absolute Gasteiger partial charge is 0.00773 e. The molecule has 174 valence electrons. The second kappa shape index (κ2) is 21.2. The molecule has 29 heavy (non-hydrogen) atoms. The SMILES string of the molecule is CCCCCCCCCCCCCCCC1CCCCCCCC1CCCCN. The van der Waals surface area contributed by atoms with Crippen LogP contribution in [0.2, 0.25) is 0 Å². The molecular formula is C28H57N. The first-order chi connectivity index (χ1) is 14.4. The van der Waals surface area contributed by atoms with Gasteiger partial charge in [0.25, 0.3) is 0 Å². The third-order valence-corrected chi connectivity index (χ3v) is 7.52. The van der Waals surface area contributed by atoms with Crippen molar-refractivity contribution in [3.05, 3.63) is 0 Å². The largest absolute Gasteiger partial charge is 0.330 e. The van der Waals surface area contributed by atoms with Gasteiger partial charge >= 0.3 is 0 Å². The molecular weight excluding hydrogens is 350 g/mol. The van der Waals surface area contributed by atoms with Crippen molar-refractivity contribution in [3.63, 3.8) is 0 Å². The van der Waals surface area contributed by atoms with Crippen LogP contribution in [0.3, 0.4) is 0 Å². The maximum Gasteiger partial charge on any atom is -0.00773 e. The van der Waals surface area contributed by atoms with Gasteiger partial charge in [-0.05, 0) is 24.8 Å².